The smallest absolute Gasteiger partial charge is 0.260 e. The van der Waals surface area contributed by atoms with Gasteiger partial charge in [0, 0.05) is 16.9 Å². The summed E-state index contributed by atoms with van der Waals surface area (Å²) in [6.07, 6.45) is 1.54. The summed E-state index contributed by atoms with van der Waals surface area (Å²) < 4.78 is 21.7. The molecule has 0 aliphatic rings. The minimum absolute atomic E-state index is 0.198. The number of rotatable bonds is 7. The molecule has 0 aromatic carbocycles. The Balaban J connectivity index is 2.23. The fourth-order valence-corrected chi connectivity index (χ4v) is 3.26. The number of pyridine rings is 1. The lowest BCUT2D eigenvalue weighted by Crippen LogP contribution is -2.14. The van der Waals surface area contributed by atoms with Gasteiger partial charge >= 0.3 is 0 Å². The van der Waals surface area contributed by atoms with Crippen LogP contribution >= 0.6 is 23.4 Å². The molecule has 2 heterocycles. The van der Waals surface area contributed by atoms with Crippen LogP contribution in [0.15, 0.2) is 28.5 Å². The van der Waals surface area contributed by atoms with Gasteiger partial charge in [-0.2, -0.15) is 10.1 Å². The molecule has 1 atom stereocenters. The fraction of sp³-hybridized carbons (Fsp3) is 0.308. The first-order valence-corrected chi connectivity index (χ1v) is 9.10. The lowest BCUT2D eigenvalue weighted by Gasteiger charge is -2.09. The van der Waals surface area contributed by atoms with Crippen molar-refractivity contribution < 1.29 is 14.0 Å². The molecule has 0 amide bonds. The summed E-state index contributed by atoms with van der Waals surface area (Å²) in [5.41, 5.74) is 0.728. The molecule has 124 valence electrons. The van der Waals surface area contributed by atoms with Crippen LogP contribution < -0.4 is 14.6 Å². The van der Waals surface area contributed by atoms with E-state index in [1.807, 2.05) is 6.92 Å². The lowest BCUT2D eigenvalue weighted by molar-refractivity contribution is 0.299. The van der Waals surface area contributed by atoms with E-state index in [1.165, 1.54) is 25.1 Å². The Kier molecular flexibility index (Phi) is 6.72. The zero-order valence-electron chi connectivity index (χ0n) is 12.5. The first-order chi connectivity index (χ1) is 11.0. The number of aromatic nitrogens is 3. The summed E-state index contributed by atoms with van der Waals surface area (Å²) in [5, 5.41) is 6.60. The third kappa shape index (κ3) is 5.40. The van der Waals surface area contributed by atoms with Crippen LogP contribution in [0.2, 0.25) is 5.15 Å². The molecule has 2 rings (SSSR count). The van der Waals surface area contributed by atoms with Crippen molar-refractivity contribution >= 4 is 34.7 Å². The van der Waals surface area contributed by atoms with Gasteiger partial charge in [-0.1, -0.05) is 11.6 Å². The molecule has 0 saturated heterocycles. The standard InChI is InChI=1S/C13H15ClN4O3S2/c1-3-21-9-6-16-13(18-12(9)20-2)22-11-5-8(7-23(15)19)4-10(14)17-11/h4-6H,3,7,15H2,1-2H3. The minimum Gasteiger partial charge on any atom is -0.598 e. The van der Waals surface area contributed by atoms with Gasteiger partial charge in [0.25, 0.3) is 5.88 Å². The molecule has 2 aromatic heterocycles. The SMILES string of the molecule is CCOc1cnc(Sc2cc(C[S+](N)[O-])cc(Cl)n2)nc1OC. The van der Waals surface area contributed by atoms with Crippen LogP contribution in [0.5, 0.6) is 11.6 Å². The van der Waals surface area contributed by atoms with Gasteiger partial charge in [-0.25, -0.2) is 9.97 Å². The van der Waals surface area contributed by atoms with Crippen molar-refractivity contribution in [3.8, 4) is 11.6 Å². The summed E-state index contributed by atoms with van der Waals surface area (Å²) in [5.74, 6) is 1.01. The van der Waals surface area contributed by atoms with Crippen LogP contribution in [0, 0.1) is 0 Å². The molecule has 0 spiro atoms. The third-order valence-corrected chi connectivity index (χ3v) is 4.14. The van der Waals surface area contributed by atoms with Crippen LogP contribution in [0.1, 0.15) is 12.5 Å². The Labute approximate surface area is 146 Å². The predicted molar refractivity (Wildman–Crippen MR) is 89.2 cm³/mol. The van der Waals surface area contributed by atoms with Crippen molar-refractivity contribution in [1.29, 1.82) is 0 Å². The highest BCUT2D eigenvalue weighted by Crippen LogP contribution is 2.30. The average Bonchev–Trinajstić information content (AvgIpc) is 2.47. The van der Waals surface area contributed by atoms with Gasteiger partial charge in [-0.15, -0.1) is 0 Å². The maximum Gasteiger partial charge on any atom is 0.260 e. The maximum atomic E-state index is 11.1. The van der Waals surface area contributed by atoms with Crippen LogP contribution in [-0.2, 0) is 17.1 Å². The quantitative estimate of drug-likeness (QED) is 0.446. The van der Waals surface area contributed by atoms with Crippen molar-refractivity contribution in [2.45, 2.75) is 22.9 Å². The predicted octanol–water partition coefficient (Wildman–Crippen LogP) is 2.21. The summed E-state index contributed by atoms with van der Waals surface area (Å²) in [4.78, 5) is 12.6. The molecular formula is C13H15ClN4O3S2. The maximum absolute atomic E-state index is 11.1. The van der Waals surface area contributed by atoms with Gasteiger partial charge in [0.2, 0.25) is 0 Å². The summed E-state index contributed by atoms with van der Waals surface area (Å²) in [7, 11) is 1.51. The van der Waals surface area contributed by atoms with Gasteiger partial charge in [0.1, 0.15) is 10.2 Å². The molecule has 7 nitrogen and oxygen atoms in total. The number of hydrogen-bond acceptors (Lipinski definition) is 8. The number of nitrogens with two attached hydrogens (primary N) is 1. The van der Waals surface area contributed by atoms with Gasteiger partial charge in [0.05, 0.1) is 19.9 Å². The van der Waals surface area contributed by atoms with Crippen molar-refractivity contribution in [3.63, 3.8) is 0 Å². The first-order valence-electron chi connectivity index (χ1n) is 6.52. The van der Waals surface area contributed by atoms with Crippen LogP contribution in [0.3, 0.4) is 0 Å². The van der Waals surface area contributed by atoms with E-state index >= 15 is 0 Å². The van der Waals surface area contributed by atoms with Crippen LogP contribution in [0.25, 0.3) is 0 Å². The lowest BCUT2D eigenvalue weighted by atomic mass is 10.3. The molecule has 0 bridgehead atoms. The largest absolute Gasteiger partial charge is 0.598 e. The normalized spacial score (nSPS) is 12.0. The van der Waals surface area contributed by atoms with Gasteiger partial charge in [-0.05, 0) is 30.8 Å². The molecule has 0 fully saturated rings. The van der Waals surface area contributed by atoms with Crippen molar-refractivity contribution in [1.82, 2.24) is 15.0 Å². The Morgan fingerprint density at radius 3 is 2.83 bits per heavy atom. The van der Waals surface area contributed by atoms with E-state index < -0.39 is 11.4 Å². The Morgan fingerprint density at radius 2 is 2.17 bits per heavy atom. The number of ether oxygens (including phenoxy) is 2. The summed E-state index contributed by atoms with van der Waals surface area (Å²) in [6.45, 7) is 2.35. The first kappa shape index (κ1) is 18.1. The molecule has 2 aromatic rings. The molecule has 1 unspecified atom stereocenters. The van der Waals surface area contributed by atoms with Crippen LogP contribution in [0.4, 0.5) is 0 Å². The highest BCUT2D eigenvalue weighted by molar-refractivity contribution is 7.99. The third-order valence-electron chi connectivity index (χ3n) is 2.53. The summed E-state index contributed by atoms with van der Waals surface area (Å²) in [6, 6.07) is 3.36. The van der Waals surface area contributed by atoms with E-state index in [0.29, 0.717) is 28.4 Å². The van der Waals surface area contributed by atoms with E-state index in [1.54, 1.807) is 12.1 Å². The Bertz CT molecular complexity index is 676. The van der Waals surface area contributed by atoms with E-state index in [0.717, 1.165) is 5.56 Å². The molecule has 2 N–H and O–H groups in total. The van der Waals surface area contributed by atoms with E-state index in [2.05, 4.69) is 15.0 Å². The summed E-state index contributed by atoms with van der Waals surface area (Å²) >= 11 is 5.73. The van der Waals surface area contributed by atoms with Crippen molar-refractivity contribution in [3.05, 3.63) is 29.0 Å². The molecule has 23 heavy (non-hydrogen) atoms. The highest BCUT2D eigenvalue weighted by Gasteiger charge is 2.12. The highest BCUT2D eigenvalue weighted by atomic mass is 35.5. The molecular weight excluding hydrogens is 360 g/mol. The number of nitrogens with zero attached hydrogens (tertiary/aromatic N) is 3. The zero-order valence-corrected chi connectivity index (χ0v) is 14.9. The van der Waals surface area contributed by atoms with Crippen LogP contribution in [-0.4, -0.2) is 33.2 Å². The Morgan fingerprint density at radius 1 is 1.39 bits per heavy atom. The monoisotopic (exact) mass is 374 g/mol. The van der Waals surface area contributed by atoms with E-state index in [-0.39, 0.29) is 10.9 Å². The molecule has 0 aliphatic carbocycles. The van der Waals surface area contributed by atoms with E-state index in [4.69, 9.17) is 26.2 Å². The number of methoxy groups -OCH3 is 1. The number of halogens is 1. The molecule has 0 radical (unpaired) electrons. The van der Waals surface area contributed by atoms with Crippen molar-refractivity contribution in [2.75, 3.05) is 13.7 Å². The van der Waals surface area contributed by atoms with Gasteiger partial charge in [-0.3, -0.25) is 0 Å². The minimum atomic E-state index is -1.45. The number of hydrogen-bond donors (Lipinski definition) is 1. The molecule has 10 heteroatoms. The Hall–Kier alpha value is -1.26. The second-order valence-electron chi connectivity index (χ2n) is 4.22. The molecule has 0 aliphatic heterocycles. The van der Waals surface area contributed by atoms with E-state index in [9.17, 15) is 4.55 Å². The van der Waals surface area contributed by atoms with Gasteiger partial charge in [0.15, 0.2) is 16.7 Å². The molecule has 0 saturated carbocycles. The average molecular weight is 375 g/mol. The topological polar surface area (TPSA) is 106 Å². The zero-order chi connectivity index (χ0) is 16.8. The van der Waals surface area contributed by atoms with Gasteiger partial charge < -0.3 is 14.0 Å². The second-order valence-corrected chi connectivity index (χ2v) is 6.65. The second kappa shape index (κ2) is 8.55. The fourth-order valence-electron chi connectivity index (χ4n) is 1.71. The van der Waals surface area contributed by atoms with Crippen molar-refractivity contribution in [2.24, 2.45) is 5.14 Å².